The Balaban J connectivity index is 3.14. The van der Waals surface area contributed by atoms with Crippen LogP contribution in [0.4, 0.5) is 0 Å². The van der Waals surface area contributed by atoms with E-state index in [4.69, 9.17) is 11.6 Å². The van der Waals surface area contributed by atoms with Crippen LogP contribution in [0, 0.1) is 7.05 Å². The Morgan fingerprint density at radius 2 is 1.75 bits per heavy atom. The number of halogens is 1. The van der Waals surface area contributed by atoms with Gasteiger partial charge in [-0.25, -0.2) is 13.1 Å². The smallest absolute Gasteiger partial charge is 0.210 e. The van der Waals surface area contributed by atoms with Crippen LogP contribution >= 0.6 is 11.6 Å². The molecule has 0 aromatic heterocycles. The molecule has 0 heterocycles. The highest BCUT2D eigenvalue weighted by Crippen LogP contribution is 2.13. The molecule has 0 amide bonds. The Hall–Kier alpha value is -0.580. The largest absolute Gasteiger partial charge is 0.240 e. The Bertz CT molecular complexity index is 357. The van der Waals surface area contributed by atoms with Crippen molar-refractivity contribution in [2.45, 2.75) is 4.90 Å². The van der Waals surface area contributed by atoms with Crippen LogP contribution in [0.2, 0.25) is 5.02 Å². The van der Waals surface area contributed by atoms with Crippen LogP contribution < -0.4 is 4.72 Å². The number of hydrogen-bond donors (Lipinski definition) is 1. The molecule has 0 spiro atoms. The maximum absolute atomic E-state index is 11.1. The lowest BCUT2D eigenvalue weighted by Crippen LogP contribution is -2.16. The summed E-state index contributed by atoms with van der Waals surface area (Å²) in [6, 6.07) is 5.84. The van der Waals surface area contributed by atoms with Gasteiger partial charge in [-0.05, 0) is 24.3 Å². The van der Waals surface area contributed by atoms with Crippen LogP contribution in [0.15, 0.2) is 29.2 Å². The first kappa shape index (κ1) is 9.51. The van der Waals surface area contributed by atoms with E-state index in [0.29, 0.717) is 5.02 Å². The highest BCUT2D eigenvalue weighted by Gasteiger charge is 2.09. The third-order valence-electron chi connectivity index (χ3n) is 1.31. The van der Waals surface area contributed by atoms with Gasteiger partial charge in [0.15, 0.2) is 0 Å². The van der Waals surface area contributed by atoms with E-state index in [0.717, 1.165) is 0 Å². The van der Waals surface area contributed by atoms with Gasteiger partial charge in [-0.3, -0.25) is 0 Å². The van der Waals surface area contributed by atoms with E-state index in [1.165, 1.54) is 24.3 Å². The molecule has 1 rings (SSSR count). The van der Waals surface area contributed by atoms with Crippen LogP contribution in [0.25, 0.3) is 0 Å². The third kappa shape index (κ3) is 1.97. The molecule has 0 fully saturated rings. The van der Waals surface area contributed by atoms with Crippen LogP contribution in [-0.2, 0) is 10.0 Å². The van der Waals surface area contributed by atoms with Crippen LogP contribution in [0.5, 0.6) is 0 Å². The molecule has 0 aliphatic carbocycles. The monoisotopic (exact) mass is 204 g/mol. The second-order valence-electron chi connectivity index (χ2n) is 2.10. The van der Waals surface area contributed by atoms with E-state index in [1.807, 2.05) is 4.72 Å². The van der Waals surface area contributed by atoms with Gasteiger partial charge in [0, 0.05) is 12.1 Å². The van der Waals surface area contributed by atoms with Gasteiger partial charge in [-0.15, -0.1) is 0 Å². The minimum atomic E-state index is -3.43. The van der Waals surface area contributed by atoms with Crippen molar-refractivity contribution in [3.8, 4) is 0 Å². The van der Waals surface area contributed by atoms with Crippen molar-refractivity contribution in [1.82, 2.24) is 4.72 Å². The normalized spacial score (nSPS) is 11.5. The molecule has 12 heavy (non-hydrogen) atoms. The molecule has 0 unspecified atom stereocenters. The van der Waals surface area contributed by atoms with Crippen LogP contribution in [-0.4, -0.2) is 8.42 Å². The number of hydrogen-bond acceptors (Lipinski definition) is 2. The molecule has 1 N–H and O–H groups in total. The Labute approximate surface area is 76.4 Å². The second-order valence-corrected chi connectivity index (χ2v) is 4.31. The lowest BCUT2D eigenvalue weighted by molar-refractivity contribution is 0.590. The van der Waals surface area contributed by atoms with E-state index >= 15 is 0 Å². The van der Waals surface area contributed by atoms with Gasteiger partial charge in [0.05, 0.1) is 4.90 Å². The molecule has 1 aromatic rings. The quantitative estimate of drug-likeness (QED) is 0.792. The Morgan fingerprint density at radius 1 is 1.25 bits per heavy atom. The maximum Gasteiger partial charge on any atom is 0.240 e. The Kier molecular flexibility index (Phi) is 2.72. The number of nitrogens with one attached hydrogen (secondary N) is 1. The first-order valence-electron chi connectivity index (χ1n) is 3.11. The van der Waals surface area contributed by atoms with Crippen molar-refractivity contribution in [3.63, 3.8) is 0 Å². The van der Waals surface area contributed by atoms with Crippen LogP contribution in [0.3, 0.4) is 0 Å². The molecule has 1 aromatic carbocycles. The topological polar surface area (TPSA) is 46.2 Å². The summed E-state index contributed by atoms with van der Waals surface area (Å²) in [6.07, 6.45) is 0. The molecule has 1 radical (unpaired) electrons. The molecule has 65 valence electrons. The average Bonchev–Trinajstić information content (AvgIpc) is 2.05. The van der Waals surface area contributed by atoms with Gasteiger partial charge in [0.2, 0.25) is 10.0 Å². The molecule has 0 bridgehead atoms. The molecular weight excluding hydrogens is 198 g/mol. The molecule has 0 aliphatic heterocycles. The van der Waals surface area contributed by atoms with E-state index in [9.17, 15) is 8.42 Å². The summed E-state index contributed by atoms with van der Waals surface area (Å²) in [5, 5.41) is 0.498. The van der Waals surface area contributed by atoms with Gasteiger partial charge in [0.25, 0.3) is 0 Å². The zero-order valence-corrected chi connectivity index (χ0v) is 7.69. The number of benzene rings is 1. The molecule has 0 atom stereocenters. The van der Waals surface area contributed by atoms with Gasteiger partial charge in [-0.2, -0.15) is 0 Å². The van der Waals surface area contributed by atoms with E-state index in [1.54, 1.807) is 0 Å². The van der Waals surface area contributed by atoms with Crippen molar-refractivity contribution in [2.24, 2.45) is 0 Å². The maximum atomic E-state index is 11.1. The highest BCUT2D eigenvalue weighted by atomic mass is 35.5. The molecule has 0 aliphatic rings. The highest BCUT2D eigenvalue weighted by molar-refractivity contribution is 7.89. The van der Waals surface area contributed by atoms with Crippen molar-refractivity contribution < 1.29 is 8.42 Å². The van der Waals surface area contributed by atoms with E-state index in [2.05, 4.69) is 7.05 Å². The number of rotatable bonds is 2. The molecule has 3 nitrogen and oxygen atoms in total. The molecule has 0 saturated carbocycles. The first-order valence-corrected chi connectivity index (χ1v) is 4.97. The fourth-order valence-corrected chi connectivity index (χ4v) is 1.48. The Morgan fingerprint density at radius 3 is 2.17 bits per heavy atom. The minimum absolute atomic E-state index is 0.155. The predicted octanol–water partition coefficient (Wildman–Crippen LogP) is 1.41. The zero-order valence-electron chi connectivity index (χ0n) is 6.12. The van der Waals surface area contributed by atoms with Crippen molar-refractivity contribution in [2.75, 3.05) is 0 Å². The molecule has 0 saturated heterocycles. The molecule has 5 heteroatoms. The standard InChI is InChI=1S/C7H7ClNO2S/c1-9-12(10,11)7-4-2-6(8)3-5-7/h2-5,9H,1H2. The summed E-state index contributed by atoms with van der Waals surface area (Å²) in [5.41, 5.74) is 0. The van der Waals surface area contributed by atoms with Crippen molar-refractivity contribution in [1.29, 1.82) is 0 Å². The lowest BCUT2D eigenvalue weighted by Gasteiger charge is -2.00. The third-order valence-corrected chi connectivity index (χ3v) is 2.84. The molecular formula is C7H7ClNO2S. The first-order chi connectivity index (χ1) is 5.56. The summed E-state index contributed by atoms with van der Waals surface area (Å²) < 4.78 is 24.1. The van der Waals surface area contributed by atoms with Gasteiger partial charge >= 0.3 is 0 Å². The summed E-state index contributed by atoms with van der Waals surface area (Å²) in [4.78, 5) is 0.155. The lowest BCUT2D eigenvalue weighted by atomic mass is 10.4. The van der Waals surface area contributed by atoms with Crippen LogP contribution in [0.1, 0.15) is 0 Å². The van der Waals surface area contributed by atoms with Gasteiger partial charge in [-0.1, -0.05) is 11.6 Å². The van der Waals surface area contributed by atoms with Crippen molar-refractivity contribution in [3.05, 3.63) is 36.3 Å². The summed E-state index contributed by atoms with van der Waals surface area (Å²) >= 11 is 5.57. The summed E-state index contributed by atoms with van der Waals surface area (Å²) in [7, 11) is -0.349. The number of sulfonamides is 1. The average molecular weight is 205 g/mol. The van der Waals surface area contributed by atoms with E-state index < -0.39 is 10.0 Å². The SMILES string of the molecule is [CH2]NS(=O)(=O)c1ccc(Cl)cc1. The fraction of sp³-hybridized carbons (Fsp3) is 0. The summed E-state index contributed by atoms with van der Waals surface area (Å²) in [6.45, 7) is 0. The predicted molar refractivity (Wildman–Crippen MR) is 47.1 cm³/mol. The second kappa shape index (κ2) is 3.43. The minimum Gasteiger partial charge on any atom is -0.210 e. The zero-order chi connectivity index (χ0) is 9.19. The van der Waals surface area contributed by atoms with Gasteiger partial charge < -0.3 is 0 Å². The summed E-state index contributed by atoms with van der Waals surface area (Å²) in [5.74, 6) is 0. The van der Waals surface area contributed by atoms with Gasteiger partial charge in [0.1, 0.15) is 0 Å². The van der Waals surface area contributed by atoms with Crippen molar-refractivity contribution >= 4 is 21.6 Å². The fourth-order valence-electron chi connectivity index (χ4n) is 0.697. The van der Waals surface area contributed by atoms with E-state index in [-0.39, 0.29) is 4.90 Å².